The molecule has 1 heterocycles. The molecule has 0 radical (unpaired) electrons. The van der Waals surface area contributed by atoms with Gasteiger partial charge in [-0.15, -0.1) is 0 Å². The first kappa shape index (κ1) is 12.1. The van der Waals surface area contributed by atoms with Gasteiger partial charge >= 0.3 is 0 Å². The maximum atomic E-state index is 5.79. The molecule has 5 nitrogen and oxygen atoms in total. The molecule has 1 saturated carbocycles. The quantitative estimate of drug-likeness (QED) is 0.784. The number of ether oxygens (including phenoxy) is 1. The number of hydrogen-bond donors (Lipinski definition) is 2. The molecule has 1 aromatic heterocycles. The number of hydrogen-bond acceptors (Lipinski definition) is 5. The van der Waals surface area contributed by atoms with Crippen molar-refractivity contribution >= 4 is 5.82 Å². The van der Waals surface area contributed by atoms with E-state index in [1.54, 1.807) is 12.4 Å². The van der Waals surface area contributed by atoms with Crippen molar-refractivity contribution < 1.29 is 4.74 Å². The number of nitrogens with one attached hydrogen (secondary N) is 1. The molecule has 0 saturated heterocycles. The van der Waals surface area contributed by atoms with Gasteiger partial charge in [0.15, 0.2) is 0 Å². The molecule has 0 atom stereocenters. The van der Waals surface area contributed by atoms with Crippen molar-refractivity contribution in [3.8, 4) is 5.88 Å². The monoisotopic (exact) mass is 236 g/mol. The molecule has 0 unspecified atom stereocenters. The number of nitrogens with two attached hydrogens (primary N) is 1. The summed E-state index contributed by atoms with van der Waals surface area (Å²) >= 11 is 0. The third-order valence-corrected chi connectivity index (χ3v) is 3.16. The molecule has 0 aromatic carbocycles. The topological polar surface area (TPSA) is 73.1 Å². The lowest BCUT2D eigenvalue weighted by molar-refractivity contribution is 0.284. The number of nitrogens with zero attached hydrogens (tertiary/aromatic N) is 2. The molecule has 0 bridgehead atoms. The van der Waals surface area contributed by atoms with Crippen molar-refractivity contribution in [3.05, 3.63) is 12.4 Å². The molecule has 1 fully saturated rings. The summed E-state index contributed by atoms with van der Waals surface area (Å²) in [5.74, 6) is 1.33. The molecule has 0 amide bonds. The van der Waals surface area contributed by atoms with Gasteiger partial charge in [-0.1, -0.05) is 6.92 Å². The smallest absolute Gasteiger partial charge is 0.234 e. The van der Waals surface area contributed by atoms with Crippen LogP contribution >= 0.6 is 0 Å². The summed E-state index contributed by atoms with van der Waals surface area (Å²) in [5, 5.41) is 3.38. The lowest BCUT2D eigenvalue weighted by atomic mass is 9.77. The molecule has 1 aromatic rings. The average Bonchev–Trinajstić information content (AvgIpc) is 2.32. The number of anilines is 1. The van der Waals surface area contributed by atoms with E-state index in [0.29, 0.717) is 19.0 Å². The van der Waals surface area contributed by atoms with Gasteiger partial charge in [0.2, 0.25) is 5.88 Å². The average molecular weight is 236 g/mol. The minimum Gasteiger partial charge on any atom is -0.477 e. The van der Waals surface area contributed by atoms with Crippen LogP contribution in [-0.4, -0.2) is 28.7 Å². The largest absolute Gasteiger partial charge is 0.477 e. The lowest BCUT2D eigenvalue weighted by Gasteiger charge is -2.41. The van der Waals surface area contributed by atoms with E-state index in [1.807, 2.05) is 0 Å². The Kier molecular flexibility index (Phi) is 3.78. The fraction of sp³-hybridized carbons (Fsp3) is 0.667. The van der Waals surface area contributed by atoms with E-state index in [2.05, 4.69) is 22.2 Å². The summed E-state index contributed by atoms with van der Waals surface area (Å²) in [6.07, 6.45) is 7.75. The van der Waals surface area contributed by atoms with Gasteiger partial charge in [0.25, 0.3) is 0 Å². The van der Waals surface area contributed by atoms with Crippen LogP contribution in [-0.2, 0) is 0 Å². The molecule has 94 valence electrons. The Labute approximate surface area is 102 Å². The predicted molar refractivity (Wildman–Crippen MR) is 67.1 cm³/mol. The fourth-order valence-corrected chi connectivity index (χ4v) is 1.94. The van der Waals surface area contributed by atoms with Crippen LogP contribution in [0.4, 0.5) is 5.82 Å². The maximum Gasteiger partial charge on any atom is 0.234 e. The zero-order valence-electron chi connectivity index (χ0n) is 10.3. The van der Waals surface area contributed by atoms with Crippen LogP contribution in [0.25, 0.3) is 0 Å². The fourth-order valence-electron chi connectivity index (χ4n) is 1.94. The molecule has 17 heavy (non-hydrogen) atoms. The lowest BCUT2D eigenvalue weighted by Crippen LogP contribution is -2.51. The number of aromatic nitrogens is 2. The van der Waals surface area contributed by atoms with Crippen molar-refractivity contribution in [2.75, 3.05) is 18.5 Å². The highest BCUT2D eigenvalue weighted by Gasteiger charge is 2.35. The summed E-state index contributed by atoms with van der Waals surface area (Å²) in [6, 6.07) is 0. The van der Waals surface area contributed by atoms with Crippen LogP contribution in [0.2, 0.25) is 0 Å². The molecule has 2 rings (SSSR count). The van der Waals surface area contributed by atoms with E-state index in [0.717, 1.165) is 25.1 Å². The second-order valence-corrected chi connectivity index (χ2v) is 4.55. The van der Waals surface area contributed by atoms with E-state index < -0.39 is 0 Å². The van der Waals surface area contributed by atoms with Gasteiger partial charge in [-0.3, -0.25) is 4.98 Å². The van der Waals surface area contributed by atoms with Gasteiger partial charge in [0.05, 0.1) is 24.5 Å². The van der Waals surface area contributed by atoms with E-state index in [4.69, 9.17) is 10.5 Å². The summed E-state index contributed by atoms with van der Waals surface area (Å²) in [5.41, 5.74) is 5.82. The Balaban J connectivity index is 2.00. The van der Waals surface area contributed by atoms with Crippen LogP contribution in [0.15, 0.2) is 12.4 Å². The van der Waals surface area contributed by atoms with Crippen molar-refractivity contribution in [3.63, 3.8) is 0 Å². The van der Waals surface area contributed by atoms with Crippen molar-refractivity contribution in [2.45, 2.75) is 38.1 Å². The van der Waals surface area contributed by atoms with Gasteiger partial charge in [0.1, 0.15) is 5.82 Å². The first-order chi connectivity index (χ1) is 8.28. The zero-order valence-corrected chi connectivity index (χ0v) is 10.3. The summed E-state index contributed by atoms with van der Waals surface area (Å²) in [7, 11) is 0. The van der Waals surface area contributed by atoms with E-state index in [-0.39, 0.29) is 5.54 Å². The molecular formula is C12H20N4O. The maximum absolute atomic E-state index is 5.79. The van der Waals surface area contributed by atoms with Gasteiger partial charge in [-0.05, 0) is 25.7 Å². The second-order valence-electron chi connectivity index (χ2n) is 4.55. The van der Waals surface area contributed by atoms with Gasteiger partial charge in [-0.2, -0.15) is 4.98 Å². The van der Waals surface area contributed by atoms with Crippen LogP contribution in [0, 0.1) is 0 Å². The summed E-state index contributed by atoms with van der Waals surface area (Å²) in [6.45, 7) is 3.36. The number of rotatable bonds is 6. The first-order valence-corrected chi connectivity index (χ1v) is 6.21. The molecular weight excluding hydrogens is 216 g/mol. The standard InChI is InChI=1S/C12H20N4O/c1-2-6-17-11-8-14-7-10(15-11)16-12(9-13)4-3-5-12/h7-8H,2-6,9,13H2,1H3,(H,15,16). The van der Waals surface area contributed by atoms with E-state index >= 15 is 0 Å². The van der Waals surface area contributed by atoms with Crippen molar-refractivity contribution in [1.82, 2.24) is 9.97 Å². The minimum absolute atomic E-state index is 0.0259. The van der Waals surface area contributed by atoms with Gasteiger partial charge in [-0.25, -0.2) is 0 Å². The SMILES string of the molecule is CCCOc1cncc(NC2(CN)CCC2)n1. The minimum atomic E-state index is 0.0259. The Morgan fingerprint density at radius 1 is 1.47 bits per heavy atom. The highest BCUT2D eigenvalue weighted by atomic mass is 16.5. The third kappa shape index (κ3) is 2.85. The van der Waals surface area contributed by atoms with Crippen LogP contribution < -0.4 is 15.8 Å². The Hall–Kier alpha value is -1.36. The van der Waals surface area contributed by atoms with Crippen LogP contribution in [0.5, 0.6) is 5.88 Å². The normalized spacial score (nSPS) is 17.3. The van der Waals surface area contributed by atoms with Crippen LogP contribution in [0.3, 0.4) is 0 Å². The Morgan fingerprint density at radius 2 is 2.29 bits per heavy atom. The van der Waals surface area contributed by atoms with Gasteiger partial charge < -0.3 is 15.8 Å². The molecule has 0 spiro atoms. The Bertz CT molecular complexity index is 360. The molecule has 1 aliphatic rings. The van der Waals surface area contributed by atoms with Crippen LogP contribution in [0.1, 0.15) is 32.6 Å². The summed E-state index contributed by atoms with van der Waals surface area (Å²) in [4.78, 5) is 8.50. The highest BCUT2D eigenvalue weighted by molar-refractivity contribution is 5.38. The molecule has 5 heteroatoms. The van der Waals surface area contributed by atoms with E-state index in [9.17, 15) is 0 Å². The Morgan fingerprint density at radius 3 is 2.88 bits per heavy atom. The van der Waals surface area contributed by atoms with Crippen molar-refractivity contribution in [1.29, 1.82) is 0 Å². The highest BCUT2D eigenvalue weighted by Crippen LogP contribution is 2.33. The zero-order chi connectivity index (χ0) is 12.1. The first-order valence-electron chi connectivity index (χ1n) is 6.21. The van der Waals surface area contributed by atoms with Gasteiger partial charge in [0, 0.05) is 6.54 Å². The predicted octanol–water partition coefficient (Wildman–Crippen LogP) is 1.56. The third-order valence-electron chi connectivity index (χ3n) is 3.16. The summed E-state index contributed by atoms with van der Waals surface area (Å²) < 4.78 is 5.45. The second kappa shape index (κ2) is 5.31. The molecule has 3 N–H and O–H groups in total. The molecule has 1 aliphatic carbocycles. The van der Waals surface area contributed by atoms with Crippen molar-refractivity contribution in [2.24, 2.45) is 5.73 Å². The molecule has 0 aliphatic heterocycles. The van der Waals surface area contributed by atoms with E-state index in [1.165, 1.54) is 6.42 Å².